The van der Waals surface area contributed by atoms with Gasteiger partial charge in [-0.3, -0.25) is 19.4 Å². The van der Waals surface area contributed by atoms with Crippen LogP contribution >= 0.6 is 0 Å². The zero-order valence-corrected chi connectivity index (χ0v) is 15.5. The van der Waals surface area contributed by atoms with Crippen LogP contribution in [0, 0.1) is 0 Å². The number of rotatable bonds is 4. The summed E-state index contributed by atoms with van der Waals surface area (Å²) < 4.78 is 9.57. The van der Waals surface area contributed by atoms with Crippen LogP contribution in [0.25, 0.3) is 0 Å². The Morgan fingerprint density at radius 2 is 0.958 bits per heavy atom. The van der Waals surface area contributed by atoms with Gasteiger partial charge in [0.05, 0.1) is 27.3 Å². The Labute approximate surface area is 145 Å². The number of likely N-dealkylation sites (N-methyl/N-ethyl adjacent to an activating group) is 2. The normalized spacial score (nSPS) is 20.8. The largest absolute Gasteiger partial charge is 0.468 e. The fourth-order valence-electron chi connectivity index (χ4n) is 2.51. The second-order valence-corrected chi connectivity index (χ2v) is 6.31. The summed E-state index contributed by atoms with van der Waals surface area (Å²) in [6, 6.07) is 0. The van der Waals surface area contributed by atoms with Crippen LogP contribution in [-0.4, -0.2) is 125 Å². The molecule has 0 aliphatic carbocycles. The molecule has 0 aromatic heterocycles. The standard InChI is InChI=1S/C16H32N4O4/c1-17-5-6-18(2)8-10-20(14-16(22)24-4)12-11-19(9-7-17)13-15(21)23-3/h5-14H2,1-4H3. The maximum absolute atomic E-state index is 11.6. The number of hydrogen-bond donors (Lipinski definition) is 0. The molecule has 0 saturated carbocycles. The van der Waals surface area contributed by atoms with Gasteiger partial charge in [-0.1, -0.05) is 0 Å². The quantitative estimate of drug-likeness (QED) is 0.590. The summed E-state index contributed by atoms with van der Waals surface area (Å²) >= 11 is 0. The molecule has 1 aliphatic heterocycles. The van der Waals surface area contributed by atoms with Crippen LogP contribution in [0.2, 0.25) is 0 Å². The molecule has 1 fully saturated rings. The highest BCUT2D eigenvalue weighted by molar-refractivity contribution is 5.71. The number of methoxy groups -OCH3 is 2. The van der Waals surface area contributed by atoms with Gasteiger partial charge in [0, 0.05) is 52.4 Å². The SMILES string of the molecule is COC(=O)CN1CCN(C)CCN(C)CCN(CC(=O)OC)CC1. The molecule has 0 bridgehead atoms. The molecule has 24 heavy (non-hydrogen) atoms. The molecule has 1 saturated heterocycles. The minimum Gasteiger partial charge on any atom is -0.468 e. The maximum atomic E-state index is 11.6. The first kappa shape index (κ1) is 20.8. The molecule has 0 N–H and O–H groups in total. The average Bonchev–Trinajstić information content (AvgIpc) is 2.57. The molecule has 0 unspecified atom stereocenters. The second-order valence-electron chi connectivity index (χ2n) is 6.31. The van der Waals surface area contributed by atoms with E-state index in [4.69, 9.17) is 9.47 Å². The lowest BCUT2D eigenvalue weighted by Gasteiger charge is -2.31. The molecule has 0 atom stereocenters. The Kier molecular flexibility index (Phi) is 9.85. The van der Waals surface area contributed by atoms with Crippen molar-refractivity contribution in [3.63, 3.8) is 0 Å². The van der Waals surface area contributed by atoms with Gasteiger partial charge in [-0.25, -0.2) is 0 Å². The van der Waals surface area contributed by atoms with Crippen LogP contribution in [0.1, 0.15) is 0 Å². The number of ether oxygens (including phenoxy) is 2. The third kappa shape index (κ3) is 8.58. The lowest BCUT2D eigenvalue weighted by molar-refractivity contribution is -0.143. The maximum Gasteiger partial charge on any atom is 0.319 e. The summed E-state index contributed by atoms with van der Waals surface area (Å²) in [7, 11) is 7.01. The van der Waals surface area contributed by atoms with Crippen LogP contribution in [-0.2, 0) is 19.1 Å². The summed E-state index contributed by atoms with van der Waals surface area (Å²) in [6.07, 6.45) is 0. The van der Waals surface area contributed by atoms with Crippen LogP contribution in [0.15, 0.2) is 0 Å². The first-order valence-electron chi connectivity index (χ1n) is 8.40. The van der Waals surface area contributed by atoms with Crippen molar-refractivity contribution in [2.45, 2.75) is 0 Å². The predicted molar refractivity (Wildman–Crippen MR) is 91.9 cm³/mol. The highest BCUT2D eigenvalue weighted by Gasteiger charge is 2.17. The van der Waals surface area contributed by atoms with E-state index in [9.17, 15) is 9.59 Å². The second kappa shape index (κ2) is 11.4. The molecule has 0 radical (unpaired) electrons. The Morgan fingerprint density at radius 1 is 0.667 bits per heavy atom. The van der Waals surface area contributed by atoms with E-state index < -0.39 is 0 Å². The van der Waals surface area contributed by atoms with Gasteiger partial charge < -0.3 is 19.3 Å². The van der Waals surface area contributed by atoms with Crippen molar-refractivity contribution in [3.8, 4) is 0 Å². The first-order valence-corrected chi connectivity index (χ1v) is 8.40. The van der Waals surface area contributed by atoms with Gasteiger partial charge in [0.25, 0.3) is 0 Å². The minimum atomic E-state index is -0.232. The third-order valence-electron chi connectivity index (χ3n) is 4.35. The first-order chi connectivity index (χ1) is 11.4. The topological polar surface area (TPSA) is 65.6 Å². The molecule has 8 heteroatoms. The number of carbonyl (C=O) groups excluding carboxylic acids is 2. The molecule has 0 amide bonds. The number of nitrogens with zero attached hydrogens (tertiary/aromatic N) is 4. The molecule has 0 aromatic rings. The Morgan fingerprint density at radius 3 is 1.29 bits per heavy atom. The van der Waals surface area contributed by atoms with Crippen molar-refractivity contribution < 1.29 is 19.1 Å². The molecule has 8 nitrogen and oxygen atoms in total. The average molecular weight is 344 g/mol. The Balaban J connectivity index is 2.69. The molecule has 0 spiro atoms. The monoisotopic (exact) mass is 344 g/mol. The Hall–Kier alpha value is -1.22. The van der Waals surface area contributed by atoms with E-state index in [1.807, 2.05) is 0 Å². The van der Waals surface area contributed by atoms with E-state index in [0.29, 0.717) is 13.1 Å². The fourth-order valence-corrected chi connectivity index (χ4v) is 2.51. The number of hydrogen-bond acceptors (Lipinski definition) is 8. The molecule has 1 rings (SSSR count). The fraction of sp³-hybridized carbons (Fsp3) is 0.875. The van der Waals surface area contributed by atoms with E-state index in [1.54, 1.807) is 0 Å². The van der Waals surface area contributed by atoms with E-state index in [-0.39, 0.29) is 25.0 Å². The van der Waals surface area contributed by atoms with Gasteiger partial charge >= 0.3 is 11.9 Å². The van der Waals surface area contributed by atoms with Gasteiger partial charge in [0.15, 0.2) is 0 Å². The molecular formula is C16H32N4O4. The zero-order chi connectivity index (χ0) is 17.9. The highest BCUT2D eigenvalue weighted by Crippen LogP contribution is 1.99. The van der Waals surface area contributed by atoms with Crippen molar-refractivity contribution in [3.05, 3.63) is 0 Å². The van der Waals surface area contributed by atoms with Crippen molar-refractivity contribution in [1.29, 1.82) is 0 Å². The minimum absolute atomic E-state index is 0.232. The molecule has 1 heterocycles. The van der Waals surface area contributed by atoms with Crippen molar-refractivity contribution >= 4 is 11.9 Å². The van der Waals surface area contributed by atoms with Gasteiger partial charge in [0.1, 0.15) is 0 Å². The summed E-state index contributed by atoms with van der Waals surface area (Å²) in [5.74, 6) is -0.465. The smallest absolute Gasteiger partial charge is 0.319 e. The summed E-state index contributed by atoms with van der Waals surface area (Å²) in [4.78, 5) is 31.9. The summed E-state index contributed by atoms with van der Waals surface area (Å²) in [5.41, 5.74) is 0. The third-order valence-corrected chi connectivity index (χ3v) is 4.35. The van der Waals surface area contributed by atoms with E-state index in [1.165, 1.54) is 14.2 Å². The van der Waals surface area contributed by atoms with Crippen LogP contribution < -0.4 is 0 Å². The van der Waals surface area contributed by atoms with Crippen molar-refractivity contribution in [2.75, 3.05) is 93.8 Å². The van der Waals surface area contributed by atoms with Gasteiger partial charge in [-0.2, -0.15) is 0 Å². The van der Waals surface area contributed by atoms with E-state index in [0.717, 1.165) is 39.3 Å². The van der Waals surface area contributed by atoms with Gasteiger partial charge in [0.2, 0.25) is 0 Å². The Bertz CT molecular complexity index is 358. The molecule has 0 aromatic carbocycles. The van der Waals surface area contributed by atoms with Gasteiger partial charge in [-0.15, -0.1) is 0 Å². The van der Waals surface area contributed by atoms with Gasteiger partial charge in [-0.05, 0) is 14.1 Å². The van der Waals surface area contributed by atoms with Crippen LogP contribution in [0.3, 0.4) is 0 Å². The molecule has 140 valence electrons. The molecular weight excluding hydrogens is 312 g/mol. The lowest BCUT2D eigenvalue weighted by Crippen LogP contribution is -2.46. The van der Waals surface area contributed by atoms with Crippen LogP contribution in [0.4, 0.5) is 0 Å². The van der Waals surface area contributed by atoms with E-state index in [2.05, 4.69) is 33.7 Å². The number of carbonyl (C=O) groups is 2. The summed E-state index contributed by atoms with van der Waals surface area (Å²) in [5, 5.41) is 0. The summed E-state index contributed by atoms with van der Waals surface area (Å²) in [6.45, 7) is 7.28. The molecule has 1 aliphatic rings. The van der Waals surface area contributed by atoms with Crippen molar-refractivity contribution in [1.82, 2.24) is 19.6 Å². The number of esters is 2. The van der Waals surface area contributed by atoms with E-state index >= 15 is 0 Å². The van der Waals surface area contributed by atoms with Crippen molar-refractivity contribution in [2.24, 2.45) is 0 Å². The highest BCUT2D eigenvalue weighted by atomic mass is 16.5. The zero-order valence-electron chi connectivity index (χ0n) is 15.5. The predicted octanol–water partition coefficient (Wildman–Crippen LogP) is -1.19. The van der Waals surface area contributed by atoms with Crippen LogP contribution in [0.5, 0.6) is 0 Å². The lowest BCUT2D eigenvalue weighted by atomic mass is 10.3.